The van der Waals surface area contributed by atoms with Crippen molar-refractivity contribution in [1.82, 2.24) is 4.90 Å². The predicted molar refractivity (Wildman–Crippen MR) is 121 cm³/mol. The van der Waals surface area contributed by atoms with E-state index in [1.54, 1.807) is 6.07 Å². The first-order valence-electron chi connectivity index (χ1n) is 10.4. The van der Waals surface area contributed by atoms with Crippen LogP contribution in [0, 0.1) is 0 Å². The molecule has 0 unspecified atom stereocenters. The van der Waals surface area contributed by atoms with Crippen molar-refractivity contribution in [2.75, 3.05) is 20.6 Å². The SMILES string of the molecule is CN(C)CC1=C(c2cccc(O)c2)c2cc(CCc3ccccc3)ccc2CC1. The summed E-state index contributed by atoms with van der Waals surface area (Å²) in [6, 6.07) is 25.4. The molecule has 148 valence electrons. The Hall–Kier alpha value is -2.84. The fourth-order valence-corrected chi connectivity index (χ4v) is 4.33. The third kappa shape index (κ3) is 4.60. The minimum atomic E-state index is 0.326. The highest BCUT2D eigenvalue weighted by Crippen LogP contribution is 2.38. The largest absolute Gasteiger partial charge is 0.508 e. The van der Waals surface area contributed by atoms with Crippen LogP contribution < -0.4 is 0 Å². The van der Waals surface area contributed by atoms with Crippen molar-refractivity contribution in [3.63, 3.8) is 0 Å². The van der Waals surface area contributed by atoms with E-state index >= 15 is 0 Å². The van der Waals surface area contributed by atoms with Gasteiger partial charge in [-0.05, 0) is 90.9 Å². The lowest BCUT2D eigenvalue weighted by atomic mass is 9.81. The average Bonchev–Trinajstić information content (AvgIpc) is 2.72. The van der Waals surface area contributed by atoms with Gasteiger partial charge in [-0.3, -0.25) is 0 Å². The van der Waals surface area contributed by atoms with Gasteiger partial charge in [-0.1, -0.05) is 60.7 Å². The average molecular weight is 384 g/mol. The Kier molecular flexibility index (Phi) is 5.82. The van der Waals surface area contributed by atoms with Crippen LogP contribution in [0.15, 0.2) is 78.4 Å². The molecule has 0 aliphatic heterocycles. The van der Waals surface area contributed by atoms with Crippen molar-refractivity contribution in [3.8, 4) is 5.75 Å². The van der Waals surface area contributed by atoms with E-state index < -0.39 is 0 Å². The molecular weight excluding hydrogens is 354 g/mol. The van der Waals surface area contributed by atoms with E-state index in [0.717, 1.165) is 37.8 Å². The van der Waals surface area contributed by atoms with Gasteiger partial charge in [0.2, 0.25) is 0 Å². The lowest BCUT2D eigenvalue weighted by Crippen LogP contribution is -2.19. The number of nitrogens with zero attached hydrogens (tertiary/aromatic N) is 1. The molecule has 3 aromatic carbocycles. The zero-order valence-corrected chi connectivity index (χ0v) is 17.4. The highest BCUT2D eigenvalue weighted by Gasteiger charge is 2.21. The molecule has 2 nitrogen and oxygen atoms in total. The maximum Gasteiger partial charge on any atom is 0.116 e. The predicted octanol–water partition coefficient (Wildman–Crippen LogP) is 5.49. The van der Waals surface area contributed by atoms with E-state index in [1.165, 1.54) is 33.4 Å². The molecule has 1 N–H and O–H groups in total. The molecule has 3 aromatic rings. The minimum Gasteiger partial charge on any atom is -0.508 e. The fourth-order valence-electron chi connectivity index (χ4n) is 4.33. The molecular formula is C27H29NO. The molecule has 0 fully saturated rings. The standard InChI is InChI=1S/C27H29NO/c1-28(2)19-24-16-15-22-14-13-21(12-11-20-7-4-3-5-8-20)17-26(22)27(24)23-9-6-10-25(29)18-23/h3-10,13-14,17-18,29H,11-12,15-16,19H2,1-2H3. The van der Waals surface area contributed by atoms with E-state index in [0.29, 0.717) is 5.75 Å². The number of phenols is 1. The smallest absolute Gasteiger partial charge is 0.116 e. The van der Waals surface area contributed by atoms with Gasteiger partial charge in [-0.2, -0.15) is 0 Å². The Balaban J connectivity index is 1.72. The van der Waals surface area contributed by atoms with Crippen LogP contribution in [0.1, 0.15) is 34.2 Å². The van der Waals surface area contributed by atoms with Crippen LogP contribution in [-0.2, 0) is 19.3 Å². The van der Waals surface area contributed by atoms with Gasteiger partial charge in [-0.25, -0.2) is 0 Å². The molecule has 1 aliphatic rings. The number of hydrogen-bond acceptors (Lipinski definition) is 2. The van der Waals surface area contributed by atoms with Crippen molar-refractivity contribution < 1.29 is 5.11 Å². The number of benzene rings is 3. The molecule has 0 bridgehead atoms. The van der Waals surface area contributed by atoms with Crippen molar-refractivity contribution >= 4 is 5.57 Å². The number of rotatable bonds is 6. The summed E-state index contributed by atoms with van der Waals surface area (Å²) in [6.45, 7) is 0.943. The number of hydrogen-bond donors (Lipinski definition) is 1. The summed E-state index contributed by atoms with van der Waals surface area (Å²) in [5.41, 5.74) is 9.37. The summed E-state index contributed by atoms with van der Waals surface area (Å²) >= 11 is 0. The van der Waals surface area contributed by atoms with Crippen molar-refractivity contribution in [2.45, 2.75) is 25.7 Å². The van der Waals surface area contributed by atoms with E-state index in [-0.39, 0.29) is 0 Å². The second-order valence-corrected chi connectivity index (χ2v) is 8.24. The summed E-state index contributed by atoms with van der Waals surface area (Å²) in [5, 5.41) is 10.1. The maximum atomic E-state index is 10.1. The van der Waals surface area contributed by atoms with Crippen LogP contribution in [-0.4, -0.2) is 30.6 Å². The van der Waals surface area contributed by atoms with Gasteiger partial charge in [0, 0.05) is 6.54 Å². The van der Waals surface area contributed by atoms with Gasteiger partial charge < -0.3 is 10.0 Å². The Morgan fingerprint density at radius 3 is 2.34 bits per heavy atom. The van der Waals surface area contributed by atoms with Crippen molar-refractivity contribution in [2.24, 2.45) is 0 Å². The van der Waals surface area contributed by atoms with Gasteiger partial charge in [-0.15, -0.1) is 0 Å². The molecule has 0 saturated heterocycles. The van der Waals surface area contributed by atoms with E-state index in [1.807, 2.05) is 12.1 Å². The number of likely N-dealkylation sites (N-methyl/N-ethyl adjacent to an activating group) is 1. The Morgan fingerprint density at radius 1 is 0.793 bits per heavy atom. The Bertz CT molecular complexity index is 1020. The van der Waals surface area contributed by atoms with Gasteiger partial charge in [0.25, 0.3) is 0 Å². The molecule has 4 rings (SSSR count). The minimum absolute atomic E-state index is 0.326. The second kappa shape index (κ2) is 8.67. The van der Waals surface area contributed by atoms with Gasteiger partial charge in [0.1, 0.15) is 5.75 Å². The third-order valence-corrected chi connectivity index (χ3v) is 5.68. The zero-order chi connectivity index (χ0) is 20.2. The van der Waals surface area contributed by atoms with Gasteiger partial charge in [0.15, 0.2) is 0 Å². The lowest BCUT2D eigenvalue weighted by molar-refractivity contribution is 0.439. The summed E-state index contributed by atoms with van der Waals surface area (Å²) < 4.78 is 0. The molecule has 2 heteroatoms. The third-order valence-electron chi connectivity index (χ3n) is 5.68. The van der Waals surface area contributed by atoms with Gasteiger partial charge in [0.05, 0.1) is 0 Å². The molecule has 0 atom stereocenters. The zero-order valence-electron chi connectivity index (χ0n) is 17.4. The Labute approximate surface area is 174 Å². The van der Waals surface area contributed by atoms with Crippen LogP contribution >= 0.6 is 0 Å². The molecule has 0 aromatic heterocycles. The first-order valence-corrected chi connectivity index (χ1v) is 10.4. The number of aryl methyl sites for hydroxylation is 3. The molecule has 29 heavy (non-hydrogen) atoms. The van der Waals surface area contributed by atoms with E-state index in [9.17, 15) is 5.11 Å². The summed E-state index contributed by atoms with van der Waals surface area (Å²) in [6.07, 6.45) is 4.24. The molecule has 0 heterocycles. The molecule has 0 spiro atoms. The number of aromatic hydroxyl groups is 1. The van der Waals surface area contributed by atoms with Crippen LogP contribution in [0.5, 0.6) is 5.75 Å². The fraction of sp³-hybridized carbons (Fsp3) is 0.259. The Morgan fingerprint density at radius 2 is 1.59 bits per heavy atom. The highest BCUT2D eigenvalue weighted by atomic mass is 16.3. The quantitative estimate of drug-likeness (QED) is 0.609. The first kappa shape index (κ1) is 19.5. The molecule has 1 aliphatic carbocycles. The molecule has 0 radical (unpaired) electrons. The summed E-state index contributed by atoms with van der Waals surface area (Å²) in [7, 11) is 4.25. The number of phenolic OH excluding ortho intramolecular Hbond substituents is 1. The molecule has 0 amide bonds. The summed E-state index contributed by atoms with van der Waals surface area (Å²) in [5.74, 6) is 0.326. The van der Waals surface area contributed by atoms with Crippen LogP contribution in [0.4, 0.5) is 0 Å². The number of fused-ring (bicyclic) bond motifs is 1. The second-order valence-electron chi connectivity index (χ2n) is 8.24. The highest BCUT2D eigenvalue weighted by molar-refractivity contribution is 5.85. The maximum absolute atomic E-state index is 10.1. The van der Waals surface area contributed by atoms with Crippen LogP contribution in [0.3, 0.4) is 0 Å². The first-order chi connectivity index (χ1) is 14.1. The van der Waals surface area contributed by atoms with Crippen LogP contribution in [0.2, 0.25) is 0 Å². The van der Waals surface area contributed by atoms with Gasteiger partial charge >= 0.3 is 0 Å². The molecule has 0 saturated carbocycles. The van der Waals surface area contributed by atoms with Crippen molar-refractivity contribution in [1.29, 1.82) is 0 Å². The summed E-state index contributed by atoms with van der Waals surface area (Å²) in [4.78, 5) is 2.24. The van der Waals surface area contributed by atoms with Crippen molar-refractivity contribution in [3.05, 3.63) is 106 Å². The monoisotopic (exact) mass is 383 g/mol. The van der Waals surface area contributed by atoms with E-state index in [4.69, 9.17) is 0 Å². The normalized spacial score (nSPS) is 13.6. The van der Waals surface area contributed by atoms with Crippen LogP contribution in [0.25, 0.3) is 5.57 Å². The lowest BCUT2D eigenvalue weighted by Gasteiger charge is -2.27. The topological polar surface area (TPSA) is 23.5 Å². The van der Waals surface area contributed by atoms with E-state index in [2.05, 4.69) is 73.6 Å².